The Morgan fingerprint density at radius 1 is 0.889 bits per heavy atom. The lowest BCUT2D eigenvalue weighted by Crippen LogP contribution is -2.34. The normalized spacial score (nSPS) is 20.3. The van der Waals surface area contributed by atoms with Crippen LogP contribution in [-0.2, 0) is 4.79 Å². The third-order valence-corrected chi connectivity index (χ3v) is 7.12. The van der Waals surface area contributed by atoms with E-state index in [9.17, 15) is 4.79 Å². The third kappa shape index (κ3) is 4.42. The Labute approximate surface area is 211 Å². The van der Waals surface area contributed by atoms with E-state index in [2.05, 4.69) is 48.5 Å². The maximum Gasteiger partial charge on any atom is 0.281 e. The minimum absolute atomic E-state index is 0.0527. The summed E-state index contributed by atoms with van der Waals surface area (Å²) in [6, 6.07) is 34.6. The summed E-state index contributed by atoms with van der Waals surface area (Å²) in [4.78, 5) is 13.5. The van der Waals surface area contributed by atoms with Gasteiger partial charge in [-0.2, -0.15) is 5.10 Å². The monoisotopic (exact) mass is 472 g/mol. The second kappa shape index (κ2) is 9.82. The van der Waals surface area contributed by atoms with Gasteiger partial charge in [0.15, 0.2) is 6.61 Å². The molecular weight excluding hydrogens is 444 g/mol. The summed E-state index contributed by atoms with van der Waals surface area (Å²) >= 11 is 0. The van der Waals surface area contributed by atoms with Crippen molar-refractivity contribution in [1.82, 2.24) is 5.01 Å². The van der Waals surface area contributed by atoms with Crippen LogP contribution in [0.25, 0.3) is 16.8 Å². The predicted octanol–water partition coefficient (Wildman–Crippen LogP) is 7.04. The molecule has 4 heteroatoms. The van der Waals surface area contributed by atoms with Gasteiger partial charge in [-0.15, -0.1) is 0 Å². The molecule has 0 saturated heterocycles. The number of hydrogen-bond acceptors (Lipinski definition) is 3. The van der Waals surface area contributed by atoms with Crippen LogP contribution in [0.1, 0.15) is 36.4 Å². The van der Waals surface area contributed by atoms with Gasteiger partial charge in [-0.3, -0.25) is 4.79 Å². The lowest BCUT2D eigenvalue weighted by atomic mass is 9.77. The number of rotatable bonds is 5. The molecule has 1 saturated carbocycles. The Bertz CT molecular complexity index is 1440. The molecule has 4 aromatic carbocycles. The summed E-state index contributed by atoms with van der Waals surface area (Å²) in [6.07, 6.45) is 5.30. The second-order valence-corrected chi connectivity index (χ2v) is 9.46. The fourth-order valence-electron chi connectivity index (χ4n) is 5.41. The van der Waals surface area contributed by atoms with Crippen molar-refractivity contribution in [3.8, 4) is 5.75 Å². The number of carbonyl (C=O) groups is 1. The van der Waals surface area contributed by atoms with Crippen molar-refractivity contribution in [1.29, 1.82) is 0 Å². The third-order valence-electron chi connectivity index (χ3n) is 7.12. The zero-order valence-corrected chi connectivity index (χ0v) is 20.1. The van der Waals surface area contributed by atoms with Crippen LogP contribution in [-0.4, -0.2) is 23.2 Å². The van der Waals surface area contributed by atoms with E-state index in [1.54, 1.807) is 5.01 Å². The van der Waals surface area contributed by atoms with Crippen LogP contribution in [0, 0.1) is 5.92 Å². The standard InChI is InChI=1S/C32H28N2O2/c35-30(22-36-28-19-18-24-12-7-8-15-26(24)21-28)34-32(25-13-5-2-6-14-25)29-17-9-16-27(31(29)33-34)20-23-10-3-1-4-11-23/h1-8,10-15,18-21,29,32H,9,16-17,22H2/b27-20-/t29-,32-/m1/s1. The molecule has 1 heterocycles. The van der Waals surface area contributed by atoms with Gasteiger partial charge >= 0.3 is 0 Å². The van der Waals surface area contributed by atoms with Gasteiger partial charge in [0.2, 0.25) is 0 Å². The van der Waals surface area contributed by atoms with E-state index in [0.29, 0.717) is 5.75 Å². The molecule has 1 aliphatic carbocycles. The molecule has 1 aliphatic heterocycles. The minimum Gasteiger partial charge on any atom is -0.484 e. The van der Waals surface area contributed by atoms with Crippen molar-refractivity contribution >= 4 is 28.5 Å². The molecule has 1 amide bonds. The Kier molecular flexibility index (Phi) is 6.08. The number of hydrazone groups is 1. The van der Waals surface area contributed by atoms with Gasteiger partial charge in [0.1, 0.15) is 5.75 Å². The fraction of sp³-hybridized carbons (Fsp3) is 0.188. The SMILES string of the molecule is O=C(COc1ccc2ccccc2c1)N1N=C2/C(=C\c3ccccc3)CCC[C@H]2[C@H]1c1ccccc1. The molecule has 0 spiro atoms. The summed E-state index contributed by atoms with van der Waals surface area (Å²) in [5.41, 5.74) is 4.54. The molecule has 2 atom stereocenters. The maximum atomic E-state index is 13.5. The molecule has 0 N–H and O–H groups in total. The molecule has 0 radical (unpaired) electrons. The molecule has 178 valence electrons. The Balaban J connectivity index is 1.29. The quantitative estimate of drug-likeness (QED) is 0.313. The molecule has 4 nitrogen and oxygen atoms in total. The Hall–Kier alpha value is -4.18. The summed E-state index contributed by atoms with van der Waals surface area (Å²) in [5, 5.41) is 8.88. The molecule has 0 unspecified atom stereocenters. The van der Waals surface area contributed by atoms with Crippen molar-refractivity contribution in [2.75, 3.05) is 6.61 Å². The molecule has 0 aromatic heterocycles. The van der Waals surface area contributed by atoms with Crippen molar-refractivity contribution in [3.05, 3.63) is 120 Å². The highest BCUT2D eigenvalue weighted by atomic mass is 16.5. The van der Waals surface area contributed by atoms with Crippen molar-refractivity contribution < 1.29 is 9.53 Å². The Morgan fingerprint density at radius 2 is 1.61 bits per heavy atom. The average molecular weight is 473 g/mol. The van der Waals surface area contributed by atoms with Gasteiger partial charge in [0.05, 0.1) is 11.8 Å². The number of benzene rings is 4. The van der Waals surface area contributed by atoms with Crippen molar-refractivity contribution in [2.45, 2.75) is 25.3 Å². The van der Waals surface area contributed by atoms with E-state index in [-0.39, 0.29) is 24.5 Å². The largest absolute Gasteiger partial charge is 0.484 e. The fourth-order valence-corrected chi connectivity index (χ4v) is 5.41. The van der Waals surface area contributed by atoms with Gasteiger partial charge < -0.3 is 4.74 Å². The number of nitrogens with zero attached hydrogens (tertiary/aromatic N) is 2. The first-order valence-corrected chi connectivity index (χ1v) is 12.6. The van der Waals surface area contributed by atoms with Gasteiger partial charge in [0, 0.05) is 5.92 Å². The van der Waals surface area contributed by atoms with Gasteiger partial charge in [0.25, 0.3) is 5.91 Å². The molecule has 36 heavy (non-hydrogen) atoms. The summed E-state index contributed by atoms with van der Waals surface area (Å²) in [5.74, 6) is 0.742. The van der Waals surface area contributed by atoms with E-state index in [1.807, 2.05) is 60.7 Å². The number of carbonyl (C=O) groups excluding carboxylic acids is 1. The smallest absolute Gasteiger partial charge is 0.281 e. The first-order chi connectivity index (χ1) is 17.8. The van der Waals surface area contributed by atoms with Crippen LogP contribution < -0.4 is 4.74 Å². The number of amides is 1. The van der Waals surface area contributed by atoms with E-state index in [1.165, 1.54) is 5.57 Å². The van der Waals surface area contributed by atoms with Gasteiger partial charge in [-0.05, 0) is 64.9 Å². The van der Waals surface area contributed by atoms with Gasteiger partial charge in [-0.1, -0.05) is 91.0 Å². The highest BCUT2D eigenvalue weighted by Crippen LogP contribution is 2.44. The zero-order chi connectivity index (χ0) is 24.3. The van der Waals surface area contributed by atoms with Crippen LogP contribution in [0.5, 0.6) is 5.75 Å². The van der Waals surface area contributed by atoms with Crippen LogP contribution >= 0.6 is 0 Å². The van der Waals surface area contributed by atoms with Gasteiger partial charge in [-0.25, -0.2) is 5.01 Å². The van der Waals surface area contributed by atoms with Crippen LogP contribution in [0.2, 0.25) is 0 Å². The lowest BCUT2D eigenvalue weighted by Gasteiger charge is -2.29. The second-order valence-electron chi connectivity index (χ2n) is 9.46. The van der Waals surface area contributed by atoms with E-state index in [4.69, 9.17) is 9.84 Å². The highest BCUT2D eigenvalue weighted by molar-refractivity contribution is 6.08. The zero-order valence-electron chi connectivity index (χ0n) is 20.1. The summed E-state index contributed by atoms with van der Waals surface area (Å²) in [6.45, 7) is -0.0527. The number of allylic oxidation sites excluding steroid dienone is 1. The maximum absolute atomic E-state index is 13.5. The number of ether oxygens (including phenoxy) is 1. The highest BCUT2D eigenvalue weighted by Gasteiger charge is 2.43. The Morgan fingerprint density at radius 3 is 2.42 bits per heavy atom. The molecule has 1 fully saturated rings. The topological polar surface area (TPSA) is 41.9 Å². The van der Waals surface area contributed by atoms with E-state index in [0.717, 1.165) is 46.9 Å². The first kappa shape index (κ1) is 22.3. The summed E-state index contributed by atoms with van der Waals surface area (Å²) in [7, 11) is 0. The summed E-state index contributed by atoms with van der Waals surface area (Å²) < 4.78 is 5.97. The van der Waals surface area contributed by atoms with E-state index >= 15 is 0 Å². The van der Waals surface area contributed by atoms with Crippen LogP contribution in [0.4, 0.5) is 0 Å². The number of hydrogen-bond donors (Lipinski definition) is 0. The van der Waals surface area contributed by atoms with Crippen LogP contribution in [0.3, 0.4) is 0 Å². The minimum atomic E-state index is -0.127. The van der Waals surface area contributed by atoms with E-state index < -0.39 is 0 Å². The predicted molar refractivity (Wildman–Crippen MR) is 145 cm³/mol. The molecular formula is C32H28N2O2. The van der Waals surface area contributed by atoms with Crippen LogP contribution in [0.15, 0.2) is 114 Å². The average Bonchev–Trinajstić information content (AvgIpc) is 3.33. The van der Waals surface area contributed by atoms with Crippen molar-refractivity contribution in [3.63, 3.8) is 0 Å². The molecule has 0 bridgehead atoms. The first-order valence-electron chi connectivity index (χ1n) is 12.6. The lowest BCUT2D eigenvalue weighted by molar-refractivity contribution is -0.135. The number of fused-ring (bicyclic) bond motifs is 2. The van der Waals surface area contributed by atoms with Crippen molar-refractivity contribution in [2.24, 2.45) is 11.0 Å². The molecule has 4 aromatic rings. The molecule has 2 aliphatic rings. The molecule has 6 rings (SSSR count).